The summed E-state index contributed by atoms with van der Waals surface area (Å²) >= 11 is 0. The molecular formula is C20H32O3. The van der Waals surface area contributed by atoms with Crippen LogP contribution in [-0.4, -0.2) is 18.4 Å². The van der Waals surface area contributed by atoms with Crippen LogP contribution in [0.1, 0.15) is 71.6 Å². The Balaban J connectivity index is 1.66. The summed E-state index contributed by atoms with van der Waals surface area (Å²) in [5.74, 6) is 2.53. The maximum atomic E-state index is 12.1. The Kier molecular flexibility index (Phi) is 6.86. The molecule has 2 rings (SSSR count). The number of carbonyl (C=O) groups is 2. The van der Waals surface area contributed by atoms with Crippen molar-refractivity contribution in [2.45, 2.75) is 71.6 Å². The number of ether oxygens (including phenoxy) is 1. The first-order valence-corrected chi connectivity index (χ1v) is 9.32. The molecule has 0 atom stereocenters. The van der Waals surface area contributed by atoms with E-state index in [0.717, 1.165) is 30.6 Å². The quantitative estimate of drug-likeness (QED) is 0.526. The number of allylic oxidation sites excluding steroid dienone is 1. The number of ketones is 1. The summed E-state index contributed by atoms with van der Waals surface area (Å²) in [5, 5.41) is 0. The van der Waals surface area contributed by atoms with Gasteiger partial charge in [0.1, 0.15) is 0 Å². The smallest absolute Gasteiger partial charge is 0.308 e. The van der Waals surface area contributed by atoms with E-state index >= 15 is 0 Å². The number of Topliss-reactive ketones (excluding diaryl/α,β-unsaturated/α-hetero) is 1. The average molecular weight is 320 g/mol. The zero-order valence-corrected chi connectivity index (χ0v) is 14.8. The highest BCUT2D eigenvalue weighted by Gasteiger charge is 2.32. The van der Waals surface area contributed by atoms with Crippen molar-refractivity contribution in [2.75, 3.05) is 6.61 Å². The van der Waals surface area contributed by atoms with Gasteiger partial charge in [0.05, 0.1) is 12.5 Å². The van der Waals surface area contributed by atoms with Crippen LogP contribution in [0.3, 0.4) is 0 Å². The predicted octanol–water partition coefficient (Wildman–Crippen LogP) is 4.70. The fourth-order valence-electron chi connectivity index (χ4n) is 4.16. The molecule has 0 radical (unpaired) electrons. The van der Waals surface area contributed by atoms with Crippen molar-refractivity contribution >= 4 is 11.8 Å². The summed E-state index contributed by atoms with van der Waals surface area (Å²) in [6.07, 6.45) is 10.0. The van der Waals surface area contributed by atoms with Crippen molar-refractivity contribution in [3.63, 3.8) is 0 Å². The maximum absolute atomic E-state index is 12.1. The van der Waals surface area contributed by atoms with E-state index in [2.05, 4.69) is 13.5 Å². The van der Waals surface area contributed by atoms with Crippen molar-refractivity contribution in [3.05, 3.63) is 12.2 Å². The van der Waals surface area contributed by atoms with Gasteiger partial charge in [-0.1, -0.05) is 26.3 Å². The molecule has 0 bridgehead atoms. The van der Waals surface area contributed by atoms with Gasteiger partial charge in [0.25, 0.3) is 0 Å². The lowest BCUT2D eigenvalue weighted by Crippen LogP contribution is -2.29. The van der Waals surface area contributed by atoms with Gasteiger partial charge in [-0.25, -0.2) is 0 Å². The first kappa shape index (κ1) is 18.2. The van der Waals surface area contributed by atoms with Gasteiger partial charge < -0.3 is 4.74 Å². The van der Waals surface area contributed by atoms with E-state index in [1.54, 1.807) is 6.92 Å². The minimum absolute atomic E-state index is 0.0203. The highest BCUT2D eigenvalue weighted by Crippen LogP contribution is 2.41. The Hall–Kier alpha value is -1.12. The lowest BCUT2D eigenvalue weighted by molar-refractivity contribution is -0.150. The second kappa shape index (κ2) is 8.65. The number of esters is 1. The Labute approximate surface area is 140 Å². The van der Waals surface area contributed by atoms with Crippen molar-refractivity contribution < 1.29 is 14.3 Å². The van der Waals surface area contributed by atoms with Crippen LogP contribution in [0.4, 0.5) is 0 Å². The summed E-state index contributed by atoms with van der Waals surface area (Å²) in [5.41, 5.74) is 0.531. The van der Waals surface area contributed by atoms with E-state index in [9.17, 15) is 9.59 Å². The third-order valence-electron chi connectivity index (χ3n) is 5.88. The molecule has 23 heavy (non-hydrogen) atoms. The van der Waals surface area contributed by atoms with E-state index in [-0.39, 0.29) is 30.7 Å². The van der Waals surface area contributed by atoms with E-state index in [1.807, 2.05) is 0 Å². The summed E-state index contributed by atoms with van der Waals surface area (Å²) in [4.78, 5) is 23.6. The Bertz CT molecular complexity index is 424. The monoisotopic (exact) mass is 320 g/mol. The standard InChI is InChI=1S/C20H32O3/c1-14(2)19(21)12-13-23-20(22)18-10-8-17(9-11-18)16-6-4-15(3)5-7-16/h15-18H,1,4-13H2,2-3H3. The van der Waals surface area contributed by atoms with E-state index in [4.69, 9.17) is 4.74 Å². The van der Waals surface area contributed by atoms with Crippen LogP contribution in [0.15, 0.2) is 12.2 Å². The second-order valence-corrected chi connectivity index (χ2v) is 7.75. The minimum Gasteiger partial charge on any atom is -0.465 e. The molecule has 0 aromatic heterocycles. The zero-order chi connectivity index (χ0) is 16.8. The molecule has 2 aliphatic rings. The lowest BCUT2D eigenvalue weighted by Gasteiger charge is -2.36. The molecule has 2 fully saturated rings. The number of hydrogen-bond acceptors (Lipinski definition) is 3. The molecule has 0 amide bonds. The van der Waals surface area contributed by atoms with Crippen LogP contribution >= 0.6 is 0 Å². The lowest BCUT2D eigenvalue weighted by atomic mass is 9.69. The van der Waals surface area contributed by atoms with Crippen LogP contribution in [0.2, 0.25) is 0 Å². The van der Waals surface area contributed by atoms with Crippen molar-refractivity contribution in [2.24, 2.45) is 23.7 Å². The molecule has 0 aliphatic heterocycles. The van der Waals surface area contributed by atoms with E-state index in [0.29, 0.717) is 5.57 Å². The fourth-order valence-corrected chi connectivity index (χ4v) is 4.16. The van der Waals surface area contributed by atoms with E-state index < -0.39 is 0 Å². The van der Waals surface area contributed by atoms with Gasteiger partial charge in [0.15, 0.2) is 5.78 Å². The van der Waals surface area contributed by atoms with Crippen molar-refractivity contribution in [1.29, 1.82) is 0 Å². The molecule has 0 spiro atoms. The molecular weight excluding hydrogens is 288 g/mol. The van der Waals surface area contributed by atoms with Crippen LogP contribution in [0.25, 0.3) is 0 Å². The SMILES string of the molecule is C=C(C)C(=O)CCOC(=O)C1CCC(C2CCC(C)CC2)CC1. The summed E-state index contributed by atoms with van der Waals surface area (Å²) in [6.45, 7) is 7.86. The second-order valence-electron chi connectivity index (χ2n) is 7.75. The Morgan fingerprint density at radius 2 is 1.48 bits per heavy atom. The van der Waals surface area contributed by atoms with Crippen LogP contribution < -0.4 is 0 Å². The van der Waals surface area contributed by atoms with Crippen LogP contribution in [-0.2, 0) is 14.3 Å². The summed E-state index contributed by atoms with van der Waals surface area (Å²) in [6, 6.07) is 0. The number of hydrogen-bond donors (Lipinski definition) is 0. The first-order chi connectivity index (χ1) is 11.0. The largest absolute Gasteiger partial charge is 0.465 e. The minimum atomic E-state index is -0.102. The molecule has 2 saturated carbocycles. The molecule has 2 aliphatic carbocycles. The molecule has 0 aromatic carbocycles. The highest BCUT2D eigenvalue weighted by atomic mass is 16.5. The van der Waals surface area contributed by atoms with Gasteiger partial charge >= 0.3 is 5.97 Å². The van der Waals surface area contributed by atoms with Crippen LogP contribution in [0, 0.1) is 23.7 Å². The number of carbonyl (C=O) groups excluding carboxylic acids is 2. The third-order valence-corrected chi connectivity index (χ3v) is 5.88. The van der Waals surface area contributed by atoms with E-state index in [1.165, 1.54) is 38.5 Å². The van der Waals surface area contributed by atoms with Crippen molar-refractivity contribution in [3.8, 4) is 0 Å². The topological polar surface area (TPSA) is 43.4 Å². The van der Waals surface area contributed by atoms with Gasteiger partial charge in [-0.05, 0) is 68.8 Å². The molecule has 0 aromatic rings. The third kappa shape index (κ3) is 5.47. The van der Waals surface area contributed by atoms with Gasteiger partial charge in [0.2, 0.25) is 0 Å². The predicted molar refractivity (Wildman–Crippen MR) is 92.0 cm³/mol. The van der Waals surface area contributed by atoms with Crippen LogP contribution in [0.5, 0.6) is 0 Å². The molecule has 0 N–H and O–H groups in total. The van der Waals surface area contributed by atoms with Gasteiger partial charge in [-0.2, -0.15) is 0 Å². The number of rotatable bonds is 6. The molecule has 0 saturated heterocycles. The Morgan fingerprint density at radius 1 is 0.957 bits per heavy atom. The van der Waals surface area contributed by atoms with Crippen molar-refractivity contribution in [1.82, 2.24) is 0 Å². The zero-order valence-electron chi connectivity index (χ0n) is 14.8. The highest BCUT2D eigenvalue weighted by molar-refractivity contribution is 5.94. The molecule has 0 unspecified atom stereocenters. The normalized spacial score (nSPS) is 31.4. The first-order valence-electron chi connectivity index (χ1n) is 9.32. The molecule has 3 nitrogen and oxygen atoms in total. The molecule has 130 valence electrons. The Morgan fingerprint density at radius 3 is 2.00 bits per heavy atom. The molecule has 0 heterocycles. The maximum Gasteiger partial charge on any atom is 0.308 e. The summed E-state index contributed by atoms with van der Waals surface area (Å²) < 4.78 is 5.30. The molecule has 3 heteroatoms. The average Bonchev–Trinajstić information content (AvgIpc) is 2.55. The fraction of sp³-hybridized carbons (Fsp3) is 0.800. The van der Waals surface area contributed by atoms with Gasteiger partial charge in [-0.3, -0.25) is 9.59 Å². The van der Waals surface area contributed by atoms with Gasteiger partial charge in [0, 0.05) is 6.42 Å². The van der Waals surface area contributed by atoms with Gasteiger partial charge in [-0.15, -0.1) is 0 Å². The summed E-state index contributed by atoms with van der Waals surface area (Å²) in [7, 11) is 0.